The SMILES string of the molecule is COC(=O)/C(C)=C/CC(c1ccccc1)N(C)O[Si](C)(C)C. The molecule has 0 N–H and O–H groups in total. The van der Waals surface area contributed by atoms with Crippen LogP contribution in [0, 0.1) is 0 Å². The van der Waals surface area contributed by atoms with E-state index in [1.54, 1.807) is 6.92 Å². The standard InChI is InChI=1S/C17H27NO3Si/c1-14(17(19)20-3)12-13-16(15-10-8-7-9-11-15)18(2)21-22(4,5)6/h7-12,16H,13H2,1-6H3/b14-12+. The lowest BCUT2D eigenvalue weighted by Gasteiger charge is -2.32. The zero-order valence-corrected chi connectivity index (χ0v) is 15.4. The fourth-order valence-corrected chi connectivity index (χ4v) is 3.19. The first-order valence-electron chi connectivity index (χ1n) is 7.46. The summed E-state index contributed by atoms with van der Waals surface area (Å²) in [7, 11) is 1.67. The first kappa shape index (κ1) is 18.6. The molecule has 0 aromatic heterocycles. The van der Waals surface area contributed by atoms with Crippen LogP contribution in [0.2, 0.25) is 19.6 Å². The highest BCUT2D eigenvalue weighted by Crippen LogP contribution is 2.26. The molecule has 122 valence electrons. The summed E-state index contributed by atoms with van der Waals surface area (Å²) in [6.07, 6.45) is 2.60. The lowest BCUT2D eigenvalue weighted by Crippen LogP contribution is -2.37. The molecule has 0 saturated carbocycles. The Kier molecular flexibility index (Phi) is 6.99. The van der Waals surface area contributed by atoms with Crippen LogP contribution in [0.5, 0.6) is 0 Å². The van der Waals surface area contributed by atoms with Crippen molar-refractivity contribution in [3.05, 3.63) is 47.5 Å². The molecule has 0 saturated heterocycles. The van der Waals surface area contributed by atoms with E-state index in [-0.39, 0.29) is 12.0 Å². The maximum atomic E-state index is 11.5. The number of methoxy groups -OCH3 is 1. The van der Waals surface area contributed by atoms with Crippen LogP contribution in [-0.2, 0) is 14.1 Å². The van der Waals surface area contributed by atoms with Gasteiger partial charge in [-0.15, -0.1) is 0 Å². The van der Waals surface area contributed by atoms with Crippen LogP contribution in [0.15, 0.2) is 42.0 Å². The fraction of sp³-hybridized carbons (Fsp3) is 0.471. The summed E-state index contributed by atoms with van der Waals surface area (Å²) >= 11 is 0. The van der Waals surface area contributed by atoms with E-state index >= 15 is 0 Å². The lowest BCUT2D eigenvalue weighted by molar-refractivity contribution is -0.136. The van der Waals surface area contributed by atoms with E-state index in [2.05, 4.69) is 31.8 Å². The summed E-state index contributed by atoms with van der Waals surface area (Å²) in [6, 6.07) is 10.2. The third-order valence-corrected chi connectivity index (χ3v) is 4.03. The predicted octanol–water partition coefficient (Wildman–Crippen LogP) is 3.94. The minimum absolute atomic E-state index is 0.0625. The van der Waals surface area contributed by atoms with Crippen molar-refractivity contribution >= 4 is 14.3 Å². The van der Waals surface area contributed by atoms with Crippen molar-refractivity contribution in [2.75, 3.05) is 14.2 Å². The van der Waals surface area contributed by atoms with Crippen molar-refractivity contribution in [2.45, 2.75) is 39.0 Å². The zero-order valence-electron chi connectivity index (χ0n) is 14.4. The lowest BCUT2D eigenvalue weighted by atomic mass is 10.0. The highest BCUT2D eigenvalue weighted by Gasteiger charge is 2.24. The highest BCUT2D eigenvalue weighted by molar-refractivity contribution is 6.69. The van der Waals surface area contributed by atoms with Crippen LogP contribution in [0.25, 0.3) is 0 Å². The highest BCUT2D eigenvalue weighted by atomic mass is 28.4. The second-order valence-electron chi connectivity index (χ2n) is 6.29. The molecule has 5 heteroatoms. The van der Waals surface area contributed by atoms with Gasteiger partial charge in [0.25, 0.3) is 0 Å². The van der Waals surface area contributed by atoms with Gasteiger partial charge in [0.2, 0.25) is 8.32 Å². The molecule has 0 spiro atoms. The molecule has 22 heavy (non-hydrogen) atoms. The molecular weight excluding hydrogens is 294 g/mol. The van der Waals surface area contributed by atoms with Gasteiger partial charge in [0, 0.05) is 12.6 Å². The Morgan fingerprint density at radius 2 is 1.86 bits per heavy atom. The average Bonchev–Trinajstić information content (AvgIpc) is 2.45. The Labute approximate surface area is 134 Å². The van der Waals surface area contributed by atoms with Gasteiger partial charge in [0.05, 0.1) is 13.2 Å². The summed E-state index contributed by atoms with van der Waals surface area (Å²) < 4.78 is 10.8. The van der Waals surface area contributed by atoms with Crippen molar-refractivity contribution < 1.29 is 14.1 Å². The molecule has 1 aromatic carbocycles. The van der Waals surface area contributed by atoms with E-state index < -0.39 is 8.32 Å². The van der Waals surface area contributed by atoms with E-state index in [1.165, 1.54) is 7.11 Å². The van der Waals surface area contributed by atoms with Crippen molar-refractivity contribution in [1.82, 2.24) is 5.06 Å². The van der Waals surface area contributed by atoms with Gasteiger partial charge in [-0.05, 0) is 38.5 Å². The number of hydrogen-bond acceptors (Lipinski definition) is 4. The molecule has 1 rings (SSSR count). The first-order chi connectivity index (χ1) is 10.2. The monoisotopic (exact) mass is 321 g/mol. The van der Waals surface area contributed by atoms with Gasteiger partial charge in [0.15, 0.2) is 0 Å². The van der Waals surface area contributed by atoms with Gasteiger partial charge < -0.3 is 9.26 Å². The fourth-order valence-electron chi connectivity index (χ4n) is 2.20. The van der Waals surface area contributed by atoms with Crippen molar-refractivity contribution in [2.24, 2.45) is 0 Å². The first-order valence-corrected chi connectivity index (χ1v) is 10.9. The summed E-state index contributed by atoms with van der Waals surface area (Å²) in [5.41, 5.74) is 1.78. The van der Waals surface area contributed by atoms with E-state index in [9.17, 15) is 4.79 Å². The van der Waals surface area contributed by atoms with Gasteiger partial charge in [0.1, 0.15) is 0 Å². The van der Waals surface area contributed by atoms with Crippen molar-refractivity contribution in [1.29, 1.82) is 0 Å². The molecule has 0 aliphatic heterocycles. The van der Waals surface area contributed by atoms with E-state index in [0.717, 1.165) is 5.56 Å². The third-order valence-electron chi connectivity index (χ3n) is 3.20. The second kappa shape index (κ2) is 8.27. The van der Waals surface area contributed by atoms with Crippen molar-refractivity contribution in [3.8, 4) is 0 Å². The molecule has 0 heterocycles. The average molecular weight is 321 g/mol. The van der Waals surface area contributed by atoms with Crippen LogP contribution >= 0.6 is 0 Å². The third kappa shape index (κ3) is 6.13. The molecule has 4 nitrogen and oxygen atoms in total. The molecular formula is C17H27NO3Si. The summed E-state index contributed by atoms with van der Waals surface area (Å²) in [6.45, 7) is 8.23. The Balaban J connectivity index is 2.95. The molecule has 0 radical (unpaired) electrons. The minimum atomic E-state index is -1.69. The Bertz CT molecular complexity index is 508. The number of rotatable bonds is 7. The molecule has 0 aliphatic carbocycles. The number of benzene rings is 1. The molecule has 0 aliphatic rings. The van der Waals surface area contributed by atoms with Crippen molar-refractivity contribution in [3.63, 3.8) is 0 Å². The second-order valence-corrected chi connectivity index (χ2v) is 10.7. The van der Waals surface area contributed by atoms with Crippen LogP contribution in [-0.4, -0.2) is 33.5 Å². The molecule has 0 bridgehead atoms. The smallest absolute Gasteiger partial charge is 0.333 e. The Hall–Kier alpha value is -1.43. The van der Waals surface area contributed by atoms with Crippen LogP contribution in [0.1, 0.15) is 24.9 Å². The Morgan fingerprint density at radius 3 is 2.36 bits per heavy atom. The summed E-state index contributed by atoms with van der Waals surface area (Å²) in [4.78, 5) is 11.5. The van der Waals surface area contributed by atoms with Gasteiger partial charge in [-0.1, -0.05) is 36.4 Å². The maximum Gasteiger partial charge on any atom is 0.333 e. The Morgan fingerprint density at radius 1 is 1.27 bits per heavy atom. The molecule has 0 amide bonds. The predicted molar refractivity (Wildman–Crippen MR) is 91.8 cm³/mol. The number of esters is 1. The topological polar surface area (TPSA) is 38.8 Å². The van der Waals surface area contributed by atoms with Crippen LogP contribution in [0.3, 0.4) is 0 Å². The van der Waals surface area contributed by atoms with E-state index in [4.69, 9.17) is 9.26 Å². The molecule has 1 unspecified atom stereocenters. The number of ether oxygens (including phenoxy) is 1. The van der Waals surface area contributed by atoms with Crippen LogP contribution in [0.4, 0.5) is 0 Å². The normalized spacial score (nSPS) is 14.0. The van der Waals surface area contributed by atoms with Gasteiger partial charge >= 0.3 is 5.97 Å². The number of carbonyl (C=O) groups is 1. The number of hydroxylamine groups is 2. The van der Waals surface area contributed by atoms with Gasteiger partial charge in [-0.3, -0.25) is 0 Å². The van der Waals surface area contributed by atoms with Crippen LogP contribution < -0.4 is 0 Å². The number of hydrogen-bond donors (Lipinski definition) is 0. The number of nitrogens with zero attached hydrogens (tertiary/aromatic N) is 1. The quantitative estimate of drug-likeness (QED) is 0.330. The molecule has 1 aromatic rings. The van der Waals surface area contributed by atoms with E-state index in [1.807, 2.05) is 36.4 Å². The summed E-state index contributed by atoms with van der Waals surface area (Å²) in [5.74, 6) is -0.291. The maximum absolute atomic E-state index is 11.5. The zero-order chi connectivity index (χ0) is 16.8. The minimum Gasteiger partial charge on any atom is -0.466 e. The van der Waals surface area contributed by atoms with E-state index in [0.29, 0.717) is 12.0 Å². The molecule has 1 atom stereocenters. The largest absolute Gasteiger partial charge is 0.466 e. The van der Waals surface area contributed by atoms with Gasteiger partial charge in [-0.2, -0.15) is 5.06 Å². The van der Waals surface area contributed by atoms with Gasteiger partial charge in [-0.25, -0.2) is 4.79 Å². The summed E-state index contributed by atoms with van der Waals surface area (Å²) in [5, 5.41) is 1.92. The number of carbonyl (C=O) groups excluding carboxylic acids is 1. The molecule has 0 fully saturated rings.